The smallest absolute Gasteiger partial charge is 0.412 e. The second-order valence-electron chi connectivity index (χ2n) is 7.94. The average Bonchev–Trinajstić information content (AvgIpc) is 2.49. The molecule has 2 atom stereocenters. The molecule has 0 spiro atoms. The Hall–Kier alpha value is -2.04. The molecule has 0 aromatic heterocycles. The molecule has 1 saturated carbocycles. The van der Waals surface area contributed by atoms with Crippen molar-refractivity contribution < 1.29 is 14.3 Å². The van der Waals surface area contributed by atoms with Crippen molar-refractivity contribution in [2.24, 2.45) is 5.92 Å². The predicted molar refractivity (Wildman–Crippen MR) is 99.6 cm³/mol. The van der Waals surface area contributed by atoms with E-state index in [-0.39, 0.29) is 5.91 Å². The summed E-state index contributed by atoms with van der Waals surface area (Å²) in [6.07, 6.45) is 4.60. The average molecular weight is 346 g/mol. The lowest BCUT2D eigenvalue weighted by molar-refractivity contribution is -0.121. The van der Waals surface area contributed by atoms with E-state index in [2.05, 4.69) is 17.6 Å². The highest BCUT2D eigenvalue weighted by Gasteiger charge is 2.22. The van der Waals surface area contributed by atoms with Crippen LogP contribution in [0.2, 0.25) is 0 Å². The maximum absolute atomic E-state index is 12.2. The van der Waals surface area contributed by atoms with Gasteiger partial charge in [0.15, 0.2) is 0 Å². The highest BCUT2D eigenvalue weighted by atomic mass is 16.6. The quantitative estimate of drug-likeness (QED) is 0.855. The molecule has 2 N–H and O–H groups in total. The number of nitrogens with one attached hydrogen (secondary N) is 2. The van der Waals surface area contributed by atoms with Gasteiger partial charge in [0.05, 0.1) is 6.42 Å². The molecule has 138 valence electrons. The Morgan fingerprint density at radius 2 is 1.76 bits per heavy atom. The molecule has 5 heteroatoms. The van der Waals surface area contributed by atoms with Gasteiger partial charge in [0, 0.05) is 11.7 Å². The number of benzene rings is 1. The molecule has 0 radical (unpaired) electrons. The fourth-order valence-electron chi connectivity index (χ4n) is 3.10. The molecular weight excluding hydrogens is 316 g/mol. The van der Waals surface area contributed by atoms with Gasteiger partial charge in [-0.2, -0.15) is 0 Å². The fourth-order valence-corrected chi connectivity index (χ4v) is 3.10. The van der Waals surface area contributed by atoms with Crippen LogP contribution < -0.4 is 10.6 Å². The first-order valence-corrected chi connectivity index (χ1v) is 9.11. The molecule has 0 bridgehead atoms. The molecule has 1 aromatic rings. The SMILES string of the molecule is CC1CCCCC1NC(=O)Cc1ccc(NC(=O)OC(C)(C)C)cc1. The molecule has 2 rings (SSSR count). The lowest BCUT2D eigenvalue weighted by Crippen LogP contribution is -2.41. The predicted octanol–water partition coefficient (Wildman–Crippen LogP) is 4.27. The Kier molecular flexibility index (Phi) is 6.45. The summed E-state index contributed by atoms with van der Waals surface area (Å²) in [5.41, 5.74) is 1.05. The Morgan fingerprint density at radius 1 is 1.12 bits per heavy atom. The molecule has 0 aliphatic heterocycles. The van der Waals surface area contributed by atoms with Crippen molar-refractivity contribution in [3.8, 4) is 0 Å². The number of ether oxygens (including phenoxy) is 1. The van der Waals surface area contributed by atoms with Crippen molar-refractivity contribution in [2.75, 3.05) is 5.32 Å². The van der Waals surface area contributed by atoms with Crippen LogP contribution in [-0.4, -0.2) is 23.6 Å². The van der Waals surface area contributed by atoms with Crippen molar-refractivity contribution in [3.63, 3.8) is 0 Å². The van der Waals surface area contributed by atoms with Crippen LogP contribution in [0, 0.1) is 5.92 Å². The molecule has 1 fully saturated rings. The summed E-state index contributed by atoms with van der Waals surface area (Å²) in [4.78, 5) is 24.0. The van der Waals surface area contributed by atoms with Crippen LogP contribution in [0.5, 0.6) is 0 Å². The number of hydrogen-bond donors (Lipinski definition) is 2. The Labute approximate surface area is 150 Å². The lowest BCUT2D eigenvalue weighted by atomic mass is 9.86. The van der Waals surface area contributed by atoms with Gasteiger partial charge in [-0.1, -0.05) is 31.9 Å². The van der Waals surface area contributed by atoms with Crippen molar-refractivity contribution in [3.05, 3.63) is 29.8 Å². The molecular formula is C20H30N2O3. The second-order valence-corrected chi connectivity index (χ2v) is 7.94. The third-order valence-electron chi connectivity index (χ3n) is 4.42. The Balaban J connectivity index is 1.83. The van der Waals surface area contributed by atoms with Crippen molar-refractivity contribution in [1.82, 2.24) is 5.32 Å². The summed E-state index contributed by atoms with van der Waals surface area (Å²) in [6.45, 7) is 7.67. The second kappa shape index (κ2) is 8.37. The minimum absolute atomic E-state index is 0.0617. The molecule has 2 unspecified atom stereocenters. The van der Waals surface area contributed by atoms with Crippen LogP contribution in [0.3, 0.4) is 0 Å². The summed E-state index contributed by atoms with van der Waals surface area (Å²) < 4.78 is 5.22. The van der Waals surface area contributed by atoms with Crippen molar-refractivity contribution in [1.29, 1.82) is 0 Å². The minimum atomic E-state index is -0.529. The summed E-state index contributed by atoms with van der Waals surface area (Å²) in [5.74, 6) is 0.615. The van der Waals surface area contributed by atoms with Crippen LogP contribution >= 0.6 is 0 Å². The lowest BCUT2D eigenvalue weighted by Gasteiger charge is -2.29. The number of rotatable bonds is 4. The third kappa shape index (κ3) is 6.77. The van der Waals surface area contributed by atoms with Crippen LogP contribution in [0.15, 0.2) is 24.3 Å². The van der Waals surface area contributed by atoms with Crippen LogP contribution in [-0.2, 0) is 16.0 Å². The van der Waals surface area contributed by atoms with Crippen molar-refractivity contribution in [2.45, 2.75) is 71.4 Å². The van der Waals surface area contributed by atoms with Gasteiger partial charge >= 0.3 is 6.09 Å². The summed E-state index contributed by atoms with van der Waals surface area (Å²) in [6, 6.07) is 7.59. The van der Waals surface area contributed by atoms with Crippen molar-refractivity contribution >= 4 is 17.7 Å². The minimum Gasteiger partial charge on any atom is -0.444 e. The van der Waals surface area contributed by atoms with Gasteiger partial charge in [0.25, 0.3) is 0 Å². The highest BCUT2D eigenvalue weighted by molar-refractivity contribution is 5.85. The van der Waals surface area contributed by atoms with E-state index in [1.54, 1.807) is 12.1 Å². The topological polar surface area (TPSA) is 67.4 Å². The van der Waals surface area contributed by atoms with E-state index in [1.165, 1.54) is 19.3 Å². The van der Waals surface area contributed by atoms with Gasteiger partial charge in [0.2, 0.25) is 5.91 Å². The van der Waals surface area contributed by atoms with E-state index in [4.69, 9.17) is 4.74 Å². The molecule has 1 aromatic carbocycles. The number of carbonyl (C=O) groups excluding carboxylic acids is 2. The fraction of sp³-hybridized carbons (Fsp3) is 0.600. The van der Waals surface area contributed by atoms with Gasteiger partial charge in [-0.15, -0.1) is 0 Å². The van der Waals surface area contributed by atoms with E-state index in [0.29, 0.717) is 24.1 Å². The zero-order chi connectivity index (χ0) is 18.4. The zero-order valence-corrected chi connectivity index (χ0v) is 15.7. The van der Waals surface area contributed by atoms with Gasteiger partial charge in [-0.25, -0.2) is 4.79 Å². The van der Waals surface area contributed by atoms with Gasteiger partial charge < -0.3 is 10.1 Å². The van der Waals surface area contributed by atoms with Gasteiger partial charge in [-0.3, -0.25) is 10.1 Å². The standard InChI is InChI=1S/C20H30N2O3/c1-14-7-5-6-8-17(14)22-18(23)13-15-9-11-16(12-10-15)21-19(24)25-20(2,3)4/h9-12,14,17H,5-8,13H2,1-4H3,(H,21,24)(H,22,23). The Morgan fingerprint density at radius 3 is 2.36 bits per heavy atom. The van der Waals surface area contributed by atoms with Crippen LogP contribution in [0.25, 0.3) is 0 Å². The molecule has 0 saturated heterocycles. The maximum atomic E-state index is 12.2. The Bertz CT molecular complexity index is 590. The highest BCUT2D eigenvalue weighted by Crippen LogP contribution is 2.23. The third-order valence-corrected chi connectivity index (χ3v) is 4.42. The molecule has 5 nitrogen and oxygen atoms in total. The first-order chi connectivity index (χ1) is 11.7. The van der Waals surface area contributed by atoms with E-state index >= 15 is 0 Å². The summed E-state index contributed by atoms with van der Waals surface area (Å²) >= 11 is 0. The molecule has 1 aliphatic rings. The van der Waals surface area contributed by atoms with E-state index < -0.39 is 11.7 Å². The normalized spacial score (nSPS) is 20.6. The number of amides is 2. The largest absolute Gasteiger partial charge is 0.444 e. The van der Waals surface area contributed by atoms with Gasteiger partial charge in [0.1, 0.15) is 5.60 Å². The van der Waals surface area contributed by atoms with E-state index in [9.17, 15) is 9.59 Å². The van der Waals surface area contributed by atoms with Crippen LogP contribution in [0.4, 0.5) is 10.5 Å². The monoisotopic (exact) mass is 346 g/mol. The first kappa shape index (κ1) is 19.3. The number of hydrogen-bond acceptors (Lipinski definition) is 3. The van der Waals surface area contributed by atoms with Crippen LogP contribution in [0.1, 0.15) is 58.9 Å². The van der Waals surface area contributed by atoms with Gasteiger partial charge in [-0.05, 0) is 57.2 Å². The molecule has 1 aliphatic carbocycles. The zero-order valence-electron chi connectivity index (χ0n) is 15.7. The summed E-state index contributed by atoms with van der Waals surface area (Å²) in [5, 5.41) is 5.85. The van der Waals surface area contributed by atoms with E-state index in [1.807, 2.05) is 32.9 Å². The van der Waals surface area contributed by atoms with E-state index in [0.717, 1.165) is 12.0 Å². The molecule has 0 heterocycles. The molecule has 2 amide bonds. The summed E-state index contributed by atoms with van der Waals surface area (Å²) in [7, 11) is 0. The molecule has 25 heavy (non-hydrogen) atoms. The number of carbonyl (C=O) groups is 2. The first-order valence-electron chi connectivity index (χ1n) is 9.11. The maximum Gasteiger partial charge on any atom is 0.412 e. The number of anilines is 1.